The summed E-state index contributed by atoms with van der Waals surface area (Å²) in [5, 5.41) is 11.9. The highest BCUT2D eigenvalue weighted by Crippen LogP contribution is 2.25. The van der Waals surface area contributed by atoms with E-state index in [1.54, 1.807) is 12.1 Å². The Bertz CT molecular complexity index is 790. The second-order valence-electron chi connectivity index (χ2n) is 4.90. The van der Waals surface area contributed by atoms with E-state index in [0.717, 1.165) is 9.99 Å². The molecule has 0 aromatic heterocycles. The molecule has 0 saturated carbocycles. The molecule has 124 valence electrons. The average molecular weight is 439 g/mol. The number of amides is 1. The maximum atomic E-state index is 14.0. The van der Waals surface area contributed by atoms with Gasteiger partial charge in [0, 0.05) is 3.57 Å². The number of anilines is 2. The van der Waals surface area contributed by atoms with E-state index in [4.69, 9.17) is 10.1 Å². The van der Waals surface area contributed by atoms with Crippen molar-refractivity contribution in [3.05, 3.63) is 56.9 Å². The van der Waals surface area contributed by atoms with Crippen LogP contribution >= 0.6 is 22.6 Å². The fourth-order valence-corrected chi connectivity index (χ4v) is 2.38. The fourth-order valence-electron chi connectivity index (χ4n) is 1.92. The molecule has 7 heteroatoms. The third-order valence-corrected chi connectivity index (χ3v) is 3.74. The van der Waals surface area contributed by atoms with Gasteiger partial charge in [-0.15, -0.1) is 0 Å². The molecule has 2 aromatic rings. The lowest BCUT2D eigenvalue weighted by molar-refractivity contribution is 0.0316. The molecule has 0 spiro atoms. The number of hydrogen-bond acceptors (Lipinski definition) is 4. The molecule has 0 atom stereocenters. The number of nitrogens with one attached hydrogen (secondary N) is 2. The number of nitrogens with zero attached hydrogens (tertiary/aromatic N) is 1. The maximum Gasteiger partial charge on any atom is 0.276 e. The van der Waals surface area contributed by atoms with Crippen molar-refractivity contribution < 1.29 is 14.0 Å². The van der Waals surface area contributed by atoms with Gasteiger partial charge in [-0.3, -0.25) is 9.63 Å². The van der Waals surface area contributed by atoms with E-state index in [2.05, 4.69) is 10.8 Å². The van der Waals surface area contributed by atoms with Gasteiger partial charge in [0.25, 0.3) is 5.91 Å². The highest BCUT2D eigenvalue weighted by Gasteiger charge is 2.14. The second-order valence-corrected chi connectivity index (χ2v) is 6.15. The van der Waals surface area contributed by atoms with Gasteiger partial charge in [0.1, 0.15) is 5.82 Å². The Kier molecular flexibility index (Phi) is 6.52. The van der Waals surface area contributed by atoms with Crippen molar-refractivity contribution in [2.75, 3.05) is 11.9 Å². The Hall–Kier alpha value is -2.18. The summed E-state index contributed by atoms with van der Waals surface area (Å²) in [5.41, 5.74) is 3.48. The van der Waals surface area contributed by atoms with Crippen LogP contribution in [0.5, 0.6) is 0 Å². The van der Waals surface area contributed by atoms with E-state index in [1.165, 1.54) is 24.3 Å². The zero-order valence-corrected chi connectivity index (χ0v) is 15.1. The molecule has 0 fully saturated rings. The van der Waals surface area contributed by atoms with Crippen LogP contribution in [0, 0.1) is 20.7 Å². The van der Waals surface area contributed by atoms with E-state index in [1.807, 2.05) is 35.6 Å². The van der Waals surface area contributed by atoms with Crippen LogP contribution in [0.2, 0.25) is 0 Å². The van der Waals surface area contributed by atoms with Crippen LogP contribution < -0.4 is 10.8 Å². The van der Waals surface area contributed by atoms with Crippen LogP contribution in [0.25, 0.3) is 0 Å². The molecular formula is C17H15FIN3O2. The molecule has 2 aromatic carbocycles. The van der Waals surface area contributed by atoms with Gasteiger partial charge in [-0.2, -0.15) is 5.26 Å². The Balaban J connectivity index is 2.32. The third-order valence-electron chi connectivity index (χ3n) is 3.06. The van der Waals surface area contributed by atoms with Crippen molar-refractivity contribution in [1.29, 1.82) is 5.26 Å². The molecule has 0 radical (unpaired) electrons. The Labute approximate surface area is 152 Å². The largest absolute Gasteiger partial charge is 0.352 e. The van der Waals surface area contributed by atoms with E-state index in [-0.39, 0.29) is 11.3 Å². The molecule has 1 amide bonds. The number of hydroxylamine groups is 1. The highest BCUT2D eigenvalue weighted by atomic mass is 127. The molecule has 24 heavy (non-hydrogen) atoms. The molecule has 0 saturated heterocycles. The molecule has 0 unspecified atom stereocenters. The number of nitriles is 1. The van der Waals surface area contributed by atoms with Crippen molar-refractivity contribution in [1.82, 2.24) is 5.48 Å². The maximum absolute atomic E-state index is 14.0. The van der Waals surface area contributed by atoms with E-state index >= 15 is 0 Å². The van der Waals surface area contributed by atoms with Crippen LogP contribution in [-0.4, -0.2) is 12.5 Å². The number of carbonyl (C=O) groups excluding carboxylic acids is 1. The lowest BCUT2D eigenvalue weighted by Gasteiger charge is -2.13. The molecule has 0 heterocycles. The van der Waals surface area contributed by atoms with Crippen LogP contribution in [0.3, 0.4) is 0 Å². The lowest BCUT2D eigenvalue weighted by atomic mass is 10.1. The molecule has 0 aliphatic heterocycles. The molecule has 0 aliphatic rings. The second kappa shape index (κ2) is 8.61. The van der Waals surface area contributed by atoms with Gasteiger partial charge in [0.2, 0.25) is 0 Å². The van der Waals surface area contributed by atoms with Gasteiger partial charge in [-0.1, -0.05) is 6.92 Å². The average Bonchev–Trinajstić information content (AvgIpc) is 2.57. The summed E-state index contributed by atoms with van der Waals surface area (Å²) in [6, 6.07) is 11.2. The molecule has 2 N–H and O–H groups in total. The summed E-state index contributed by atoms with van der Waals surface area (Å²) in [7, 11) is 0. The van der Waals surface area contributed by atoms with Gasteiger partial charge < -0.3 is 5.32 Å². The summed E-state index contributed by atoms with van der Waals surface area (Å²) < 4.78 is 14.8. The Morgan fingerprint density at radius 1 is 1.29 bits per heavy atom. The van der Waals surface area contributed by atoms with Gasteiger partial charge in [-0.05, 0) is 65.4 Å². The van der Waals surface area contributed by atoms with E-state index in [0.29, 0.717) is 17.9 Å². The van der Waals surface area contributed by atoms with Crippen LogP contribution in [0.1, 0.15) is 29.3 Å². The third kappa shape index (κ3) is 4.66. The van der Waals surface area contributed by atoms with Crippen molar-refractivity contribution >= 4 is 39.9 Å². The first kappa shape index (κ1) is 18.2. The van der Waals surface area contributed by atoms with Gasteiger partial charge >= 0.3 is 0 Å². The number of rotatable bonds is 6. The fraction of sp³-hybridized carbons (Fsp3) is 0.176. The first-order chi connectivity index (χ1) is 11.5. The van der Waals surface area contributed by atoms with Crippen LogP contribution in [0.15, 0.2) is 36.4 Å². The number of halogens is 2. The minimum atomic E-state index is -0.471. The Morgan fingerprint density at radius 3 is 2.75 bits per heavy atom. The first-order valence-corrected chi connectivity index (χ1v) is 8.31. The lowest BCUT2D eigenvalue weighted by Crippen LogP contribution is -2.25. The van der Waals surface area contributed by atoms with E-state index < -0.39 is 11.7 Å². The van der Waals surface area contributed by atoms with E-state index in [9.17, 15) is 9.18 Å². The SMILES string of the molecule is CCCONC(=O)c1ccc(C#N)cc1Nc1ccc(I)cc1F. The van der Waals surface area contributed by atoms with Crippen LogP contribution in [-0.2, 0) is 4.84 Å². The zero-order valence-electron chi connectivity index (χ0n) is 12.9. The molecule has 5 nitrogen and oxygen atoms in total. The highest BCUT2D eigenvalue weighted by molar-refractivity contribution is 14.1. The predicted octanol–water partition coefficient (Wildman–Crippen LogP) is 4.12. The van der Waals surface area contributed by atoms with Crippen molar-refractivity contribution in [2.24, 2.45) is 0 Å². The summed E-state index contributed by atoms with van der Waals surface area (Å²) >= 11 is 2.01. The molecular weight excluding hydrogens is 424 g/mol. The minimum Gasteiger partial charge on any atom is -0.352 e. The van der Waals surface area contributed by atoms with Gasteiger partial charge in [0.15, 0.2) is 0 Å². The summed E-state index contributed by atoms with van der Waals surface area (Å²) in [6.07, 6.45) is 0.757. The zero-order chi connectivity index (χ0) is 17.5. The monoisotopic (exact) mass is 439 g/mol. The molecule has 2 rings (SSSR count). The normalized spacial score (nSPS) is 10.1. The van der Waals surface area contributed by atoms with Crippen molar-refractivity contribution in [3.8, 4) is 6.07 Å². The number of benzene rings is 2. The predicted molar refractivity (Wildman–Crippen MR) is 97.3 cm³/mol. The van der Waals surface area contributed by atoms with Crippen molar-refractivity contribution in [2.45, 2.75) is 13.3 Å². The Morgan fingerprint density at radius 2 is 2.08 bits per heavy atom. The molecule has 0 aliphatic carbocycles. The summed E-state index contributed by atoms with van der Waals surface area (Å²) in [5.74, 6) is -0.917. The number of carbonyl (C=O) groups is 1. The molecule has 0 bridgehead atoms. The standard InChI is InChI=1S/C17H15FIN3O2/c1-2-7-24-22-17(23)13-5-3-11(10-20)8-16(13)21-15-6-4-12(19)9-14(15)18/h3-6,8-9,21H,2,7H2,1H3,(H,22,23). The number of hydrogen-bond donors (Lipinski definition) is 2. The topological polar surface area (TPSA) is 74.1 Å². The summed E-state index contributed by atoms with van der Waals surface area (Å²) in [6.45, 7) is 2.30. The minimum absolute atomic E-state index is 0.217. The first-order valence-electron chi connectivity index (χ1n) is 7.23. The van der Waals surface area contributed by atoms with Crippen LogP contribution in [0.4, 0.5) is 15.8 Å². The van der Waals surface area contributed by atoms with Gasteiger partial charge in [0.05, 0.1) is 35.2 Å². The smallest absolute Gasteiger partial charge is 0.276 e. The van der Waals surface area contributed by atoms with Gasteiger partial charge in [-0.25, -0.2) is 9.87 Å². The quantitative estimate of drug-likeness (QED) is 0.404. The summed E-state index contributed by atoms with van der Waals surface area (Å²) in [4.78, 5) is 17.2. The van der Waals surface area contributed by atoms with Crippen molar-refractivity contribution in [3.63, 3.8) is 0 Å².